The third kappa shape index (κ3) is 4.51. The molecule has 0 aromatic rings. The Morgan fingerprint density at radius 3 is 2.50 bits per heavy atom. The minimum Gasteiger partial charge on any atom is -0.295 e. The van der Waals surface area contributed by atoms with Gasteiger partial charge in [-0.25, -0.2) is 0 Å². The van der Waals surface area contributed by atoms with Gasteiger partial charge in [-0.15, -0.1) is 0 Å². The van der Waals surface area contributed by atoms with Gasteiger partial charge in [0.05, 0.1) is 0 Å². The van der Waals surface area contributed by atoms with Gasteiger partial charge >= 0.3 is 0 Å². The molecule has 1 rings (SSSR count). The molecule has 0 heterocycles. The molecule has 92 valence electrons. The van der Waals surface area contributed by atoms with Gasteiger partial charge in [0.2, 0.25) is 0 Å². The Labute approximate surface area is 100 Å². The Bertz CT molecular complexity index is 240. The van der Waals surface area contributed by atoms with E-state index in [4.69, 9.17) is 0 Å². The summed E-state index contributed by atoms with van der Waals surface area (Å²) in [4.78, 5) is 11.7. The molecule has 0 aliphatic heterocycles. The van der Waals surface area contributed by atoms with Crippen LogP contribution < -0.4 is 0 Å². The molecule has 1 unspecified atom stereocenters. The van der Waals surface area contributed by atoms with Crippen LogP contribution in [0.1, 0.15) is 71.6 Å². The van der Waals surface area contributed by atoms with Crippen LogP contribution in [0.2, 0.25) is 0 Å². The highest BCUT2D eigenvalue weighted by molar-refractivity contribution is 5.95. The van der Waals surface area contributed by atoms with Crippen LogP contribution in [-0.4, -0.2) is 5.78 Å². The van der Waals surface area contributed by atoms with E-state index in [0.29, 0.717) is 11.7 Å². The molecule has 0 aromatic carbocycles. The lowest BCUT2D eigenvalue weighted by Crippen LogP contribution is -2.06. The lowest BCUT2D eigenvalue weighted by molar-refractivity contribution is -0.117. The summed E-state index contributed by atoms with van der Waals surface area (Å²) in [6.45, 7) is 4.44. The normalized spacial score (nSPS) is 20.2. The van der Waals surface area contributed by atoms with E-state index in [9.17, 15) is 4.79 Å². The Morgan fingerprint density at radius 1 is 1.12 bits per heavy atom. The standard InChI is InChI=1S/C15H26O/c1-3-5-7-9-13-11-14(15(16)12-13)10-8-6-4-2/h12,14H,3-11H2,1-2H3. The molecular weight excluding hydrogens is 196 g/mol. The molecule has 1 heteroatoms. The van der Waals surface area contributed by atoms with Crippen molar-refractivity contribution in [1.82, 2.24) is 0 Å². The number of ketones is 1. The molecule has 0 spiro atoms. The predicted molar refractivity (Wildman–Crippen MR) is 69.5 cm³/mol. The summed E-state index contributed by atoms with van der Waals surface area (Å²) in [5.74, 6) is 0.741. The Hall–Kier alpha value is -0.590. The maximum Gasteiger partial charge on any atom is 0.159 e. The smallest absolute Gasteiger partial charge is 0.159 e. The molecule has 16 heavy (non-hydrogen) atoms. The number of hydrogen-bond acceptors (Lipinski definition) is 1. The Morgan fingerprint density at radius 2 is 1.81 bits per heavy atom. The second-order valence-electron chi connectivity index (χ2n) is 5.06. The fourth-order valence-electron chi connectivity index (χ4n) is 2.46. The van der Waals surface area contributed by atoms with E-state index < -0.39 is 0 Å². The van der Waals surface area contributed by atoms with Crippen molar-refractivity contribution in [2.24, 2.45) is 5.92 Å². The molecule has 0 radical (unpaired) electrons. The van der Waals surface area contributed by atoms with Gasteiger partial charge in [-0.2, -0.15) is 0 Å². The number of carbonyl (C=O) groups excluding carboxylic acids is 1. The quantitative estimate of drug-likeness (QED) is 0.546. The van der Waals surface area contributed by atoms with Gasteiger partial charge < -0.3 is 0 Å². The zero-order chi connectivity index (χ0) is 11.8. The minimum atomic E-state index is 0.336. The summed E-state index contributed by atoms with van der Waals surface area (Å²) in [6.07, 6.45) is 12.8. The van der Waals surface area contributed by atoms with Crippen molar-refractivity contribution in [3.05, 3.63) is 11.6 Å². The largest absolute Gasteiger partial charge is 0.295 e. The summed E-state index contributed by atoms with van der Waals surface area (Å²) in [7, 11) is 0. The lowest BCUT2D eigenvalue weighted by Gasteiger charge is -2.08. The van der Waals surface area contributed by atoms with E-state index in [-0.39, 0.29) is 0 Å². The monoisotopic (exact) mass is 222 g/mol. The van der Waals surface area contributed by atoms with E-state index in [1.165, 1.54) is 44.1 Å². The fraction of sp³-hybridized carbons (Fsp3) is 0.800. The zero-order valence-corrected chi connectivity index (χ0v) is 10.9. The van der Waals surface area contributed by atoms with Gasteiger partial charge in [-0.3, -0.25) is 4.79 Å². The van der Waals surface area contributed by atoms with Gasteiger partial charge in [0.1, 0.15) is 0 Å². The highest BCUT2D eigenvalue weighted by atomic mass is 16.1. The molecule has 0 N–H and O–H groups in total. The number of carbonyl (C=O) groups is 1. The first-order chi connectivity index (χ1) is 7.77. The highest BCUT2D eigenvalue weighted by Gasteiger charge is 2.23. The molecule has 1 nitrogen and oxygen atoms in total. The lowest BCUT2D eigenvalue weighted by atomic mass is 9.96. The Kier molecular flexibility index (Phi) is 6.44. The molecule has 1 aliphatic carbocycles. The SMILES string of the molecule is CCCCCC1=CC(=O)C(CCCCC)C1. The molecule has 0 saturated carbocycles. The van der Waals surface area contributed by atoms with Crippen LogP contribution in [0, 0.1) is 5.92 Å². The van der Waals surface area contributed by atoms with E-state index >= 15 is 0 Å². The first-order valence-electron chi connectivity index (χ1n) is 7.01. The minimum absolute atomic E-state index is 0.336. The number of unbranched alkanes of at least 4 members (excludes halogenated alkanes) is 4. The van der Waals surface area contributed by atoms with E-state index in [1.807, 2.05) is 6.08 Å². The number of hydrogen-bond donors (Lipinski definition) is 0. The van der Waals surface area contributed by atoms with Crippen molar-refractivity contribution in [1.29, 1.82) is 0 Å². The topological polar surface area (TPSA) is 17.1 Å². The van der Waals surface area contributed by atoms with Gasteiger partial charge in [-0.05, 0) is 31.8 Å². The maximum absolute atomic E-state index is 11.7. The second kappa shape index (κ2) is 7.65. The van der Waals surface area contributed by atoms with Crippen LogP contribution >= 0.6 is 0 Å². The first-order valence-corrected chi connectivity index (χ1v) is 7.01. The van der Waals surface area contributed by atoms with Crippen molar-refractivity contribution in [3.8, 4) is 0 Å². The van der Waals surface area contributed by atoms with Crippen LogP contribution in [0.25, 0.3) is 0 Å². The zero-order valence-electron chi connectivity index (χ0n) is 10.9. The fourth-order valence-corrected chi connectivity index (χ4v) is 2.46. The number of allylic oxidation sites excluding steroid dienone is 2. The summed E-state index contributed by atoms with van der Waals surface area (Å²) in [5, 5.41) is 0. The van der Waals surface area contributed by atoms with Crippen molar-refractivity contribution >= 4 is 5.78 Å². The summed E-state index contributed by atoms with van der Waals surface area (Å²) in [6, 6.07) is 0. The van der Waals surface area contributed by atoms with E-state index in [2.05, 4.69) is 13.8 Å². The maximum atomic E-state index is 11.7. The molecule has 1 atom stereocenters. The molecule has 0 fully saturated rings. The predicted octanol–water partition coefficient (Wildman–Crippen LogP) is 4.66. The average molecular weight is 222 g/mol. The highest BCUT2D eigenvalue weighted by Crippen LogP contribution is 2.29. The number of rotatable bonds is 8. The average Bonchev–Trinajstić information content (AvgIpc) is 2.61. The third-order valence-electron chi connectivity index (χ3n) is 3.51. The summed E-state index contributed by atoms with van der Waals surface area (Å²) < 4.78 is 0. The van der Waals surface area contributed by atoms with Gasteiger partial charge in [-0.1, -0.05) is 51.5 Å². The van der Waals surface area contributed by atoms with Crippen molar-refractivity contribution in [3.63, 3.8) is 0 Å². The van der Waals surface area contributed by atoms with E-state index in [1.54, 1.807) is 0 Å². The Balaban J connectivity index is 2.21. The van der Waals surface area contributed by atoms with Crippen LogP contribution in [0.3, 0.4) is 0 Å². The molecule has 0 amide bonds. The van der Waals surface area contributed by atoms with Crippen LogP contribution in [0.5, 0.6) is 0 Å². The second-order valence-corrected chi connectivity index (χ2v) is 5.06. The summed E-state index contributed by atoms with van der Waals surface area (Å²) >= 11 is 0. The first kappa shape index (κ1) is 13.5. The molecule has 1 aliphatic rings. The molecule has 0 aromatic heterocycles. The van der Waals surface area contributed by atoms with Crippen molar-refractivity contribution < 1.29 is 4.79 Å². The van der Waals surface area contributed by atoms with Gasteiger partial charge in [0.25, 0.3) is 0 Å². The molecule has 0 bridgehead atoms. The molecule has 0 saturated heterocycles. The third-order valence-corrected chi connectivity index (χ3v) is 3.51. The van der Waals surface area contributed by atoms with Crippen LogP contribution in [0.4, 0.5) is 0 Å². The van der Waals surface area contributed by atoms with Crippen LogP contribution in [0.15, 0.2) is 11.6 Å². The molecular formula is C15H26O. The van der Waals surface area contributed by atoms with Gasteiger partial charge in [0, 0.05) is 5.92 Å². The van der Waals surface area contributed by atoms with Gasteiger partial charge in [0.15, 0.2) is 5.78 Å². The van der Waals surface area contributed by atoms with Crippen molar-refractivity contribution in [2.45, 2.75) is 71.6 Å². The summed E-state index contributed by atoms with van der Waals surface area (Å²) in [5.41, 5.74) is 1.42. The van der Waals surface area contributed by atoms with Crippen molar-refractivity contribution in [2.75, 3.05) is 0 Å². The van der Waals surface area contributed by atoms with Crippen LogP contribution in [-0.2, 0) is 4.79 Å². The van der Waals surface area contributed by atoms with E-state index in [0.717, 1.165) is 19.3 Å².